The van der Waals surface area contributed by atoms with Crippen LogP contribution in [0.25, 0.3) is 0 Å². The number of aliphatic hydroxyl groups excluding tert-OH is 1. The zero-order valence-electron chi connectivity index (χ0n) is 9.38. The van der Waals surface area contributed by atoms with Crippen LogP contribution in [-0.4, -0.2) is 27.9 Å². The van der Waals surface area contributed by atoms with Crippen molar-refractivity contribution in [3.8, 4) is 5.75 Å². The lowest BCUT2D eigenvalue weighted by Crippen LogP contribution is -2.13. The first-order valence-electron chi connectivity index (χ1n) is 4.90. The van der Waals surface area contributed by atoms with Crippen LogP contribution in [0.5, 0.6) is 5.75 Å². The molecule has 5 N–H and O–H groups in total. The SMILES string of the molecule is Cc1cc(C(=O)O)c(O)c([C@@H](N)CCO)c1.Cl. The van der Waals surface area contributed by atoms with Gasteiger partial charge in [0.2, 0.25) is 0 Å². The highest BCUT2D eigenvalue weighted by Crippen LogP contribution is 2.29. The second-order valence-electron chi connectivity index (χ2n) is 3.67. The molecule has 6 heteroatoms. The van der Waals surface area contributed by atoms with Gasteiger partial charge in [0.15, 0.2) is 0 Å². The molecular weight excluding hydrogens is 246 g/mol. The molecule has 0 aliphatic rings. The fourth-order valence-electron chi connectivity index (χ4n) is 1.55. The Labute approximate surface area is 105 Å². The van der Waals surface area contributed by atoms with Crippen LogP contribution in [0.3, 0.4) is 0 Å². The number of rotatable bonds is 4. The summed E-state index contributed by atoms with van der Waals surface area (Å²) < 4.78 is 0. The van der Waals surface area contributed by atoms with Crippen molar-refractivity contribution in [2.75, 3.05) is 6.61 Å². The number of hydrogen-bond acceptors (Lipinski definition) is 4. The van der Waals surface area contributed by atoms with Crippen LogP contribution >= 0.6 is 12.4 Å². The van der Waals surface area contributed by atoms with Crippen molar-refractivity contribution >= 4 is 18.4 Å². The van der Waals surface area contributed by atoms with E-state index in [0.717, 1.165) is 0 Å². The summed E-state index contributed by atoms with van der Waals surface area (Å²) in [6.45, 7) is 1.61. The number of benzene rings is 1. The molecule has 1 atom stereocenters. The van der Waals surface area contributed by atoms with E-state index in [1.807, 2.05) is 0 Å². The van der Waals surface area contributed by atoms with Crippen LogP contribution in [0, 0.1) is 6.92 Å². The molecular formula is C11H16ClNO4. The Hall–Kier alpha value is -1.30. The van der Waals surface area contributed by atoms with Gasteiger partial charge < -0.3 is 21.1 Å². The minimum atomic E-state index is -1.20. The zero-order valence-corrected chi connectivity index (χ0v) is 10.2. The summed E-state index contributed by atoms with van der Waals surface area (Å²) in [5.74, 6) is -1.52. The van der Waals surface area contributed by atoms with Gasteiger partial charge in [0.05, 0.1) is 0 Å². The molecule has 0 saturated heterocycles. The molecule has 0 aliphatic carbocycles. The minimum absolute atomic E-state index is 0. The Morgan fingerprint density at radius 3 is 2.53 bits per heavy atom. The monoisotopic (exact) mass is 261 g/mol. The van der Waals surface area contributed by atoms with Gasteiger partial charge in [-0.25, -0.2) is 4.79 Å². The predicted molar refractivity (Wildman–Crippen MR) is 65.7 cm³/mol. The van der Waals surface area contributed by atoms with Gasteiger partial charge in [0, 0.05) is 18.2 Å². The van der Waals surface area contributed by atoms with Crippen LogP contribution in [0.1, 0.15) is 33.9 Å². The number of hydrogen-bond donors (Lipinski definition) is 4. The lowest BCUT2D eigenvalue weighted by molar-refractivity contribution is 0.0693. The smallest absolute Gasteiger partial charge is 0.339 e. The molecule has 96 valence electrons. The van der Waals surface area contributed by atoms with Gasteiger partial charge in [-0.3, -0.25) is 0 Å². The molecule has 0 spiro atoms. The third-order valence-corrected chi connectivity index (χ3v) is 2.35. The number of aryl methyl sites for hydroxylation is 1. The molecule has 0 heterocycles. The second-order valence-corrected chi connectivity index (χ2v) is 3.67. The first kappa shape index (κ1) is 15.7. The second kappa shape index (κ2) is 6.44. The number of aromatic hydroxyl groups is 1. The van der Waals surface area contributed by atoms with E-state index in [-0.39, 0.29) is 36.7 Å². The van der Waals surface area contributed by atoms with Crippen molar-refractivity contribution in [3.63, 3.8) is 0 Å². The van der Waals surface area contributed by atoms with Crippen LogP contribution < -0.4 is 5.73 Å². The zero-order chi connectivity index (χ0) is 12.3. The number of carboxylic acid groups (broad SMARTS) is 1. The van der Waals surface area contributed by atoms with Crippen molar-refractivity contribution < 1.29 is 20.1 Å². The van der Waals surface area contributed by atoms with Crippen LogP contribution in [-0.2, 0) is 0 Å². The van der Waals surface area contributed by atoms with E-state index in [1.165, 1.54) is 6.07 Å². The number of carbonyl (C=O) groups is 1. The van der Waals surface area contributed by atoms with E-state index in [4.69, 9.17) is 15.9 Å². The highest BCUT2D eigenvalue weighted by molar-refractivity contribution is 5.91. The predicted octanol–water partition coefficient (Wildman–Crippen LogP) is 1.20. The Bertz CT molecular complexity index is 409. The maximum Gasteiger partial charge on any atom is 0.339 e. The number of halogens is 1. The molecule has 0 aromatic heterocycles. The van der Waals surface area contributed by atoms with Crippen molar-refractivity contribution in [1.29, 1.82) is 0 Å². The van der Waals surface area contributed by atoms with Crippen molar-refractivity contribution in [2.24, 2.45) is 5.73 Å². The van der Waals surface area contributed by atoms with Crippen molar-refractivity contribution in [1.82, 2.24) is 0 Å². The van der Waals surface area contributed by atoms with Crippen molar-refractivity contribution in [3.05, 3.63) is 28.8 Å². The normalized spacial score (nSPS) is 11.7. The highest BCUT2D eigenvalue weighted by Gasteiger charge is 2.18. The number of aliphatic hydroxyl groups is 1. The largest absolute Gasteiger partial charge is 0.507 e. The first-order chi connectivity index (χ1) is 7.47. The average molecular weight is 262 g/mol. The molecule has 17 heavy (non-hydrogen) atoms. The highest BCUT2D eigenvalue weighted by atomic mass is 35.5. The van der Waals surface area contributed by atoms with Gasteiger partial charge in [-0.05, 0) is 25.0 Å². The summed E-state index contributed by atoms with van der Waals surface area (Å²) in [5.41, 5.74) is 6.63. The molecule has 0 bridgehead atoms. The van der Waals surface area contributed by atoms with E-state index in [9.17, 15) is 9.90 Å². The van der Waals surface area contributed by atoms with Gasteiger partial charge in [-0.15, -0.1) is 12.4 Å². The van der Waals surface area contributed by atoms with Crippen LogP contribution in [0.4, 0.5) is 0 Å². The summed E-state index contributed by atoms with van der Waals surface area (Å²) in [6.07, 6.45) is 0.274. The van der Waals surface area contributed by atoms with Gasteiger partial charge >= 0.3 is 5.97 Å². The Morgan fingerprint density at radius 2 is 2.06 bits per heavy atom. The fourth-order valence-corrected chi connectivity index (χ4v) is 1.55. The lowest BCUT2D eigenvalue weighted by Gasteiger charge is -2.14. The average Bonchev–Trinajstić information content (AvgIpc) is 2.20. The molecule has 1 rings (SSSR count). The topological polar surface area (TPSA) is 104 Å². The fraction of sp³-hybridized carbons (Fsp3) is 0.364. The summed E-state index contributed by atoms with van der Waals surface area (Å²) >= 11 is 0. The quantitative estimate of drug-likeness (QED) is 0.652. The van der Waals surface area contributed by atoms with Crippen LogP contribution in [0.2, 0.25) is 0 Å². The van der Waals surface area contributed by atoms with E-state index in [1.54, 1.807) is 13.0 Å². The molecule has 5 nitrogen and oxygen atoms in total. The maximum atomic E-state index is 10.9. The number of aromatic carboxylic acids is 1. The molecule has 0 unspecified atom stereocenters. The van der Waals surface area contributed by atoms with E-state index in [0.29, 0.717) is 11.1 Å². The molecule has 1 aromatic rings. The first-order valence-corrected chi connectivity index (χ1v) is 4.90. The van der Waals surface area contributed by atoms with Crippen LogP contribution in [0.15, 0.2) is 12.1 Å². The molecule has 0 radical (unpaired) electrons. The number of nitrogens with two attached hydrogens (primary N) is 1. The van der Waals surface area contributed by atoms with Gasteiger partial charge in [0.25, 0.3) is 0 Å². The van der Waals surface area contributed by atoms with Gasteiger partial charge in [-0.1, -0.05) is 6.07 Å². The van der Waals surface area contributed by atoms with E-state index < -0.39 is 12.0 Å². The maximum absolute atomic E-state index is 10.9. The summed E-state index contributed by atoms with van der Waals surface area (Å²) in [7, 11) is 0. The molecule has 0 saturated carbocycles. The third kappa shape index (κ3) is 3.59. The van der Waals surface area contributed by atoms with E-state index in [2.05, 4.69) is 0 Å². The molecule has 0 aliphatic heterocycles. The third-order valence-electron chi connectivity index (χ3n) is 2.35. The molecule has 1 aromatic carbocycles. The summed E-state index contributed by atoms with van der Waals surface area (Å²) in [4.78, 5) is 10.9. The molecule has 0 fully saturated rings. The number of phenols is 1. The van der Waals surface area contributed by atoms with E-state index >= 15 is 0 Å². The lowest BCUT2D eigenvalue weighted by atomic mass is 9.98. The van der Waals surface area contributed by atoms with Gasteiger partial charge in [0.1, 0.15) is 11.3 Å². The molecule has 0 amide bonds. The summed E-state index contributed by atoms with van der Waals surface area (Å²) in [6, 6.07) is 2.44. The Morgan fingerprint density at radius 1 is 1.47 bits per heavy atom. The minimum Gasteiger partial charge on any atom is -0.507 e. The standard InChI is InChI=1S/C11H15NO4.ClH/c1-6-4-7(9(12)2-3-13)10(14)8(5-6)11(15)16;/h4-5,9,13-14H,2-3,12H2,1H3,(H,15,16);1H/t9-;/m0./s1. The number of carboxylic acids is 1. The Kier molecular flexibility index (Phi) is 5.95. The van der Waals surface area contributed by atoms with Gasteiger partial charge in [-0.2, -0.15) is 0 Å². The summed E-state index contributed by atoms with van der Waals surface area (Å²) in [5, 5.41) is 27.4. The Balaban J connectivity index is 0.00000256. The van der Waals surface area contributed by atoms with Crippen molar-refractivity contribution in [2.45, 2.75) is 19.4 Å².